The van der Waals surface area contributed by atoms with E-state index >= 15 is 0 Å². The van der Waals surface area contributed by atoms with Gasteiger partial charge in [0.25, 0.3) is 0 Å². The molecule has 0 radical (unpaired) electrons. The third-order valence-electron chi connectivity index (χ3n) is 6.16. The van der Waals surface area contributed by atoms with Crippen molar-refractivity contribution < 1.29 is 4.74 Å². The average Bonchev–Trinajstić information content (AvgIpc) is 3.04. The van der Waals surface area contributed by atoms with Gasteiger partial charge in [0.1, 0.15) is 11.4 Å². The minimum atomic E-state index is 0.678. The number of ether oxygens (including phenoxy) is 1. The van der Waals surface area contributed by atoms with Gasteiger partial charge in [-0.1, -0.05) is 12.1 Å². The Hall–Kier alpha value is -2.33. The number of rotatable bonds is 5. The lowest BCUT2D eigenvalue weighted by molar-refractivity contribution is 0.206. The molecule has 1 saturated carbocycles. The van der Waals surface area contributed by atoms with Crippen LogP contribution < -0.4 is 4.74 Å². The molecule has 1 saturated heterocycles. The fourth-order valence-electron chi connectivity index (χ4n) is 4.38. The van der Waals surface area contributed by atoms with Crippen LogP contribution in [0, 0.1) is 17.8 Å². The van der Waals surface area contributed by atoms with E-state index in [1.54, 1.807) is 0 Å². The molecule has 2 aromatic heterocycles. The van der Waals surface area contributed by atoms with Crippen LogP contribution in [0.25, 0.3) is 22.2 Å². The third-order valence-corrected chi connectivity index (χ3v) is 6.16. The van der Waals surface area contributed by atoms with Crippen molar-refractivity contribution in [3.05, 3.63) is 48.8 Å². The van der Waals surface area contributed by atoms with Gasteiger partial charge in [-0.2, -0.15) is 0 Å². The van der Waals surface area contributed by atoms with Gasteiger partial charge in [0, 0.05) is 48.4 Å². The summed E-state index contributed by atoms with van der Waals surface area (Å²) >= 11 is 0. The van der Waals surface area contributed by atoms with Crippen molar-refractivity contribution in [3.63, 3.8) is 0 Å². The van der Waals surface area contributed by atoms with Crippen molar-refractivity contribution in [2.24, 2.45) is 17.8 Å². The highest BCUT2D eigenvalue weighted by atomic mass is 16.5. The van der Waals surface area contributed by atoms with Gasteiger partial charge in [-0.3, -0.25) is 0 Å². The molecule has 2 fully saturated rings. The minimum Gasteiger partial charge on any atom is -0.493 e. The highest BCUT2D eigenvalue weighted by Crippen LogP contribution is 2.52. The Bertz CT molecular complexity index is 903. The second kappa shape index (κ2) is 6.13. The number of nitrogens with zero attached hydrogens (tertiary/aromatic N) is 2. The van der Waals surface area contributed by atoms with Crippen LogP contribution in [0.15, 0.2) is 48.8 Å². The van der Waals surface area contributed by atoms with Crippen LogP contribution in [0.1, 0.15) is 13.8 Å². The first-order valence-electron chi connectivity index (χ1n) is 9.59. The minimum absolute atomic E-state index is 0.678. The zero-order chi connectivity index (χ0) is 17.7. The monoisotopic (exact) mass is 347 g/mol. The molecule has 2 unspecified atom stereocenters. The number of fused-ring (bicyclic) bond motifs is 2. The van der Waals surface area contributed by atoms with E-state index in [9.17, 15) is 0 Å². The molecule has 0 spiro atoms. The van der Waals surface area contributed by atoms with Crippen LogP contribution in [0.5, 0.6) is 5.75 Å². The van der Waals surface area contributed by atoms with E-state index in [2.05, 4.69) is 65.1 Å². The Morgan fingerprint density at radius 2 is 1.88 bits per heavy atom. The fraction of sp³-hybridized carbons (Fsp3) is 0.409. The fourth-order valence-corrected chi connectivity index (χ4v) is 4.38. The number of hydrogen-bond donors (Lipinski definition) is 1. The van der Waals surface area contributed by atoms with E-state index in [0.29, 0.717) is 6.04 Å². The number of aromatic nitrogens is 2. The van der Waals surface area contributed by atoms with E-state index in [4.69, 9.17) is 4.74 Å². The zero-order valence-electron chi connectivity index (χ0n) is 15.4. The van der Waals surface area contributed by atoms with Crippen LogP contribution in [0.3, 0.4) is 0 Å². The van der Waals surface area contributed by atoms with Crippen LogP contribution in [0.2, 0.25) is 0 Å². The van der Waals surface area contributed by atoms with E-state index < -0.39 is 0 Å². The highest BCUT2D eigenvalue weighted by molar-refractivity contribution is 5.81. The normalized spacial score (nSPS) is 25.0. The Labute approximate surface area is 154 Å². The molecule has 1 aliphatic heterocycles. The predicted molar refractivity (Wildman–Crippen MR) is 104 cm³/mol. The van der Waals surface area contributed by atoms with Gasteiger partial charge >= 0.3 is 0 Å². The molecule has 3 heterocycles. The van der Waals surface area contributed by atoms with E-state index in [1.807, 2.05) is 12.4 Å². The molecule has 4 heteroatoms. The molecule has 2 atom stereocenters. The molecule has 0 bridgehead atoms. The lowest BCUT2D eigenvalue weighted by Gasteiger charge is -2.23. The van der Waals surface area contributed by atoms with Crippen molar-refractivity contribution in [3.8, 4) is 16.9 Å². The van der Waals surface area contributed by atoms with E-state index in [-0.39, 0.29) is 0 Å². The molecule has 3 aromatic rings. The van der Waals surface area contributed by atoms with Crippen LogP contribution in [-0.4, -0.2) is 40.6 Å². The molecule has 0 amide bonds. The number of H-pyrrole nitrogens is 1. The number of nitrogens with one attached hydrogen (secondary N) is 1. The summed E-state index contributed by atoms with van der Waals surface area (Å²) < 4.78 is 6.07. The summed E-state index contributed by atoms with van der Waals surface area (Å²) in [6, 6.07) is 13.3. The number of hydrogen-bond acceptors (Lipinski definition) is 3. The summed E-state index contributed by atoms with van der Waals surface area (Å²) in [5.74, 6) is 3.44. The second-order valence-electron chi connectivity index (χ2n) is 8.01. The summed E-state index contributed by atoms with van der Waals surface area (Å²) in [6.45, 7) is 7.95. The van der Waals surface area contributed by atoms with Gasteiger partial charge in [-0.25, -0.2) is 4.98 Å². The van der Waals surface area contributed by atoms with Crippen molar-refractivity contribution in [1.29, 1.82) is 0 Å². The predicted octanol–water partition coefficient (Wildman–Crippen LogP) is 4.19. The Balaban J connectivity index is 1.20. The van der Waals surface area contributed by atoms with E-state index in [1.165, 1.54) is 18.7 Å². The maximum atomic E-state index is 6.07. The standard InChI is InChI=1S/C22H25N3O/c1-14(2)25-11-19-20(12-25)21(19)13-26-18-5-3-15(4-6-18)17-9-16-7-8-23-22(16)24-10-17/h3-10,14,19-21H,11-13H2,1-2H3,(H,23,24). The molecule has 4 nitrogen and oxygen atoms in total. The van der Waals surface area contributed by atoms with Crippen molar-refractivity contribution in [1.82, 2.24) is 14.9 Å². The van der Waals surface area contributed by atoms with Crippen LogP contribution in [0.4, 0.5) is 0 Å². The largest absolute Gasteiger partial charge is 0.493 e. The maximum absolute atomic E-state index is 6.07. The first-order chi connectivity index (χ1) is 12.7. The summed E-state index contributed by atoms with van der Waals surface area (Å²) in [6.07, 6.45) is 3.84. The number of aromatic amines is 1. The Morgan fingerprint density at radius 3 is 2.62 bits per heavy atom. The van der Waals surface area contributed by atoms with Crippen molar-refractivity contribution in [2.45, 2.75) is 19.9 Å². The number of likely N-dealkylation sites (tertiary alicyclic amines) is 1. The number of pyridine rings is 1. The lowest BCUT2D eigenvalue weighted by Crippen LogP contribution is -2.31. The number of piperidine rings is 1. The van der Waals surface area contributed by atoms with Gasteiger partial charge < -0.3 is 14.6 Å². The summed E-state index contributed by atoms with van der Waals surface area (Å²) in [4.78, 5) is 10.2. The van der Waals surface area contributed by atoms with Crippen LogP contribution in [-0.2, 0) is 0 Å². The molecule has 1 N–H and O–H groups in total. The van der Waals surface area contributed by atoms with Crippen LogP contribution >= 0.6 is 0 Å². The first-order valence-corrected chi connectivity index (χ1v) is 9.59. The molecule has 2 aliphatic rings. The smallest absolute Gasteiger partial charge is 0.137 e. The molecule has 5 rings (SSSR count). The quantitative estimate of drug-likeness (QED) is 0.752. The molecule has 1 aliphatic carbocycles. The molecular weight excluding hydrogens is 322 g/mol. The third kappa shape index (κ3) is 2.78. The zero-order valence-corrected chi connectivity index (χ0v) is 15.4. The summed E-state index contributed by atoms with van der Waals surface area (Å²) in [5, 5.41) is 1.14. The molecular formula is C22H25N3O. The van der Waals surface area contributed by atoms with Gasteiger partial charge in [-0.05, 0) is 55.5 Å². The highest BCUT2D eigenvalue weighted by Gasteiger charge is 2.56. The lowest BCUT2D eigenvalue weighted by atomic mass is 10.1. The SMILES string of the molecule is CC(C)N1CC2C(COc3ccc(-c4cnc5[nH]ccc5c4)cc3)C2C1. The topological polar surface area (TPSA) is 41.1 Å². The van der Waals surface area contributed by atoms with E-state index in [0.717, 1.165) is 46.7 Å². The summed E-state index contributed by atoms with van der Waals surface area (Å²) in [5.41, 5.74) is 3.23. The average molecular weight is 347 g/mol. The molecule has 134 valence electrons. The Morgan fingerprint density at radius 1 is 1.12 bits per heavy atom. The Kier molecular flexibility index (Phi) is 3.75. The maximum Gasteiger partial charge on any atom is 0.137 e. The second-order valence-corrected chi connectivity index (χ2v) is 8.01. The molecule has 26 heavy (non-hydrogen) atoms. The van der Waals surface area contributed by atoms with Gasteiger partial charge in [0.2, 0.25) is 0 Å². The molecule has 1 aromatic carbocycles. The number of benzene rings is 1. The van der Waals surface area contributed by atoms with Gasteiger partial charge in [0.15, 0.2) is 0 Å². The van der Waals surface area contributed by atoms with Gasteiger partial charge in [0.05, 0.1) is 6.61 Å². The summed E-state index contributed by atoms with van der Waals surface area (Å²) in [7, 11) is 0. The van der Waals surface area contributed by atoms with Crippen molar-refractivity contribution in [2.75, 3.05) is 19.7 Å². The van der Waals surface area contributed by atoms with Crippen molar-refractivity contribution >= 4 is 11.0 Å². The van der Waals surface area contributed by atoms with Gasteiger partial charge in [-0.15, -0.1) is 0 Å². The first kappa shape index (κ1) is 15.9.